The fraction of sp³-hybridized carbons (Fsp3) is 0.333. The van der Waals surface area contributed by atoms with Crippen LogP contribution in [0.3, 0.4) is 0 Å². The van der Waals surface area contributed by atoms with Gasteiger partial charge in [0.05, 0.1) is 17.3 Å². The number of nitrogens with one attached hydrogen (secondary N) is 2. The minimum atomic E-state index is -1.15. The summed E-state index contributed by atoms with van der Waals surface area (Å²) in [6.45, 7) is 7.00. The van der Waals surface area contributed by atoms with Gasteiger partial charge in [-0.2, -0.15) is 0 Å². The second kappa shape index (κ2) is 11.4. The van der Waals surface area contributed by atoms with Gasteiger partial charge in [-0.1, -0.05) is 25.3 Å². The van der Waals surface area contributed by atoms with Crippen LogP contribution < -0.4 is 10.6 Å². The van der Waals surface area contributed by atoms with Crippen molar-refractivity contribution in [3.63, 3.8) is 0 Å². The Labute approximate surface area is 184 Å². The van der Waals surface area contributed by atoms with E-state index in [1.54, 1.807) is 0 Å². The van der Waals surface area contributed by atoms with Crippen molar-refractivity contribution in [1.29, 1.82) is 0 Å². The van der Waals surface area contributed by atoms with Gasteiger partial charge in [0.25, 0.3) is 0 Å². The fourth-order valence-electron chi connectivity index (χ4n) is 3.13. The number of esters is 2. The van der Waals surface area contributed by atoms with Crippen LogP contribution in [0.15, 0.2) is 43.5 Å². The number of carbonyl (C=O) groups is 4. The summed E-state index contributed by atoms with van der Waals surface area (Å²) in [5.74, 6) is -4.43. The molecule has 166 valence electrons. The Kier molecular flexibility index (Phi) is 8.95. The number of hydrogen-bond donors (Lipinski definition) is 3. The minimum absolute atomic E-state index is 0.00838. The Morgan fingerprint density at radius 2 is 1.90 bits per heavy atom. The number of rotatable bonds is 10. The molecule has 1 aromatic rings. The van der Waals surface area contributed by atoms with Crippen LogP contribution >= 0.6 is 12.6 Å². The molecule has 3 atom stereocenters. The predicted octanol–water partition coefficient (Wildman–Crippen LogP) is 1.89. The summed E-state index contributed by atoms with van der Waals surface area (Å²) >= 11 is 3.77. The number of anilines is 1. The first-order valence-electron chi connectivity index (χ1n) is 9.40. The minimum Gasteiger partial charge on any atom is -0.461 e. The molecule has 8 nitrogen and oxygen atoms in total. The highest BCUT2D eigenvalue weighted by atomic mass is 32.1. The second-order valence-corrected chi connectivity index (χ2v) is 7.20. The van der Waals surface area contributed by atoms with Gasteiger partial charge in [-0.25, -0.2) is 9.18 Å². The van der Waals surface area contributed by atoms with Crippen molar-refractivity contribution in [1.82, 2.24) is 5.32 Å². The van der Waals surface area contributed by atoms with E-state index >= 15 is 0 Å². The standard InChI is InChI=1S/C21H23FN2O6S/c1-3-7-29-19(26)12-5-6-14(22)15(9-12)24-18(25)16-10-13(11-23-16)17(21(28)31)20(27)30-8-4-2/h3-6,9,13,16-17,23H,1-2,7-8,10-11H2,(H,24,25)(H,28,31)/t13-,16+,17?/m1/s1. The average Bonchev–Trinajstić information content (AvgIpc) is 3.21. The van der Waals surface area contributed by atoms with Gasteiger partial charge in [0.1, 0.15) is 24.9 Å². The van der Waals surface area contributed by atoms with Crippen LogP contribution in [0, 0.1) is 17.7 Å². The van der Waals surface area contributed by atoms with Crippen LogP contribution in [0.1, 0.15) is 16.8 Å². The van der Waals surface area contributed by atoms with Crippen molar-refractivity contribution in [2.75, 3.05) is 25.1 Å². The lowest BCUT2D eigenvalue weighted by Gasteiger charge is -2.18. The lowest BCUT2D eigenvalue weighted by atomic mass is 9.90. The number of benzene rings is 1. The van der Waals surface area contributed by atoms with Crippen LogP contribution in [-0.2, 0) is 23.9 Å². The third kappa shape index (κ3) is 6.50. The van der Waals surface area contributed by atoms with Gasteiger partial charge in [-0.15, -0.1) is 12.6 Å². The number of carbonyl (C=O) groups excluding carboxylic acids is 4. The average molecular weight is 450 g/mol. The molecule has 31 heavy (non-hydrogen) atoms. The van der Waals surface area contributed by atoms with E-state index in [4.69, 9.17) is 9.47 Å². The molecule has 1 unspecified atom stereocenters. The van der Waals surface area contributed by atoms with Crippen molar-refractivity contribution in [2.24, 2.45) is 11.8 Å². The highest BCUT2D eigenvalue weighted by molar-refractivity contribution is 7.96. The Morgan fingerprint density at radius 1 is 1.23 bits per heavy atom. The number of ether oxygens (including phenoxy) is 2. The van der Waals surface area contributed by atoms with E-state index in [2.05, 4.69) is 36.4 Å². The molecule has 0 radical (unpaired) electrons. The molecule has 10 heteroatoms. The van der Waals surface area contributed by atoms with Crippen LogP contribution in [-0.4, -0.2) is 48.8 Å². The summed E-state index contributed by atoms with van der Waals surface area (Å²) in [7, 11) is 0. The summed E-state index contributed by atoms with van der Waals surface area (Å²) in [6.07, 6.45) is 2.90. The van der Waals surface area contributed by atoms with E-state index in [9.17, 15) is 23.6 Å². The SMILES string of the molecule is C=CCOC(=O)c1ccc(F)c(NC(=O)[C@@H]2C[C@@H](C(C(=O)S)C(=O)OCC=C)CN2)c1. The van der Waals surface area contributed by atoms with Gasteiger partial charge in [-0.3, -0.25) is 14.4 Å². The first-order chi connectivity index (χ1) is 14.8. The van der Waals surface area contributed by atoms with Gasteiger partial charge >= 0.3 is 11.9 Å². The molecule has 2 rings (SSSR count). The van der Waals surface area contributed by atoms with Gasteiger partial charge in [0.2, 0.25) is 5.91 Å². The van der Waals surface area contributed by atoms with E-state index in [0.717, 1.165) is 12.1 Å². The lowest BCUT2D eigenvalue weighted by molar-refractivity contribution is -0.151. The summed E-state index contributed by atoms with van der Waals surface area (Å²) in [4.78, 5) is 48.5. The molecular weight excluding hydrogens is 427 g/mol. The topological polar surface area (TPSA) is 111 Å². The smallest absolute Gasteiger partial charge is 0.338 e. The maximum Gasteiger partial charge on any atom is 0.338 e. The third-order valence-electron chi connectivity index (χ3n) is 4.61. The molecule has 0 aliphatic carbocycles. The number of thiol groups is 1. The van der Waals surface area contributed by atoms with Crippen molar-refractivity contribution < 1.29 is 33.0 Å². The third-order valence-corrected chi connectivity index (χ3v) is 4.89. The molecule has 0 aromatic heterocycles. The maximum atomic E-state index is 14.1. The van der Waals surface area contributed by atoms with E-state index in [0.29, 0.717) is 0 Å². The first-order valence-corrected chi connectivity index (χ1v) is 9.85. The molecule has 0 bridgehead atoms. The molecule has 2 N–H and O–H groups in total. The van der Waals surface area contributed by atoms with Crippen molar-refractivity contribution >= 4 is 41.3 Å². The van der Waals surface area contributed by atoms with Crippen LogP contribution in [0.2, 0.25) is 0 Å². The molecule has 1 aliphatic rings. The Balaban J connectivity index is 2.06. The number of amides is 1. The van der Waals surface area contributed by atoms with Crippen molar-refractivity contribution in [3.05, 3.63) is 54.9 Å². The number of halogens is 1. The zero-order chi connectivity index (χ0) is 23.0. The quantitative estimate of drug-likeness (QED) is 0.216. The van der Waals surface area contributed by atoms with Gasteiger partial charge in [-0.05, 0) is 30.5 Å². The van der Waals surface area contributed by atoms with Crippen LogP contribution in [0.5, 0.6) is 0 Å². The van der Waals surface area contributed by atoms with E-state index in [1.165, 1.54) is 18.2 Å². The molecule has 1 saturated heterocycles. The summed E-state index contributed by atoms with van der Waals surface area (Å²) in [6, 6.07) is 2.65. The lowest BCUT2D eigenvalue weighted by Crippen LogP contribution is -2.35. The Morgan fingerprint density at radius 3 is 2.55 bits per heavy atom. The summed E-state index contributed by atoms with van der Waals surface area (Å²) in [5, 5.41) is 4.66. The largest absolute Gasteiger partial charge is 0.461 e. The van der Waals surface area contributed by atoms with Gasteiger partial charge in [0.15, 0.2) is 5.12 Å². The normalized spacial score (nSPS) is 18.5. The Hall–Kier alpha value is -2.98. The predicted molar refractivity (Wildman–Crippen MR) is 114 cm³/mol. The van der Waals surface area contributed by atoms with E-state index in [1.807, 2.05) is 0 Å². The fourth-order valence-corrected chi connectivity index (χ4v) is 3.44. The summed E-state index contributed by atoms with van der Waals surface area (Å²) in [5.41, 5.74) is -0.142. The Bertz CT molecular complexity index is 891. The first kappa shape index (κ1) is 24.3. The van der Waals surface area contributed by atoms with Crippen LogP contribution in [0.25, 0.3) is 0 Å². The second-order valence-electron chi connectivity index (χ2n) is 6.76. The molecule has 1 heterocycles. The molecule has 1 aliphatic heterocycles. The zero-order valence-electron chi connectivity index (χ0n) is 16.6. The van der Waals surface area contributed by atoms with Gasteiger partial charge in [0, 0.05) is 6.54 Å². The molecule has 0 saturated carbocycles. The molecular formula is C21H23FN2O6S. The zero-order valence-corrected chi connectivity index (χ0v) is 17.5. The van der Waals surface area contributed by atoms with Crippen LogP contribution in [0.4, 0.5) is 10.1 Å². The van der Waals surface area contributed by atoms with Crippen molar-refractivity contribution in [3.8, 4) is 0 Å². The highest BCUT2D eigenvalue weighted by Gasteiger charge is 2.41. The molecule has 0 spiro atoms. The molecule has 1 fully saturated rings. The van der Waals surface area contributed by atoms with Crippen molar-refractivity contribution in [2.45, 2.75) is 12.5 Å². The highest BCUT2D eigenvalue weighted by Crippen LogP contribution is 2.27. The number of hydrogen-bond acceptors (Lipinski definition) is 7. The maximum absolute atomic E-state index is 14.1. The van der Waals surface area contributed by atoms with E-state index in [-0.39, 0.29) is 37.4 Å². The van der Waals surface area contributed by atoms with Gasteiger partial charge < -0.3 is 20.1 Å². The monoisotopic (exact) mass is 450 g/mol. The van der Waals surface area contributed by atoms with E-state index < -0.39 is 46.7 Å². The molecule has 1 aromatic carbocycles. The molecule has 1 amide bonds. The summed E-state index contributed by atoms with van der Waals surface area (Å²) < 4.78 is 24.0.